The Balaban J connectivity index is 1.26. The second-order valence-corrected chi connectivity index (χ2v) is 11.1. The molecule has 0 unspecified atom stereocenters. The Kier molecular flexibility index (Phi) is 6.27. The van der Waals surface area contributed by atoms with Gasteiger partial charge in [0, 0.05) is 12.1 Å². The lowest BCUT2D eigenvalue weighted by Gasteiger charge is -2.46. The molecule has 2 heterocycles. The first-order valence-electron chi connectivity index (χ1n) is 12.7. The molecule has 2 bridgehead atoms. The van der Waals surface area contributed by atoms with Crippen LogP contribution in [0.3, 0.4) is 0 Å². The molecule has 3 fully saturated rings. The molecule has 0 amide bonds. The molecule has 0 aliphatic heterocycles. The van der Waals surface area contributed by atoms with Gasteiger partial charge in [-0.15, -0.1) is 22.0 Å². The molecule has 3 saturated carbocycles. The van der Waals surface area contributed by atoms with E-state index < -0.39 is 12.1 Å². The van der Waals surface area contributed by atoms with E-state index in [1.54, 1.807) is 30.5 Å². The van der Waals surface area contributed by atoms with Crippen molar-refractivity contribution in [3.05, 3.63) is 42.5 Å². The number of alkyl halides is 1. The molecular formula is C27H29F2N5OS. The Morgan fingerprint density at radius 3 is 2.61 bits per heavy atom. The summed E-state index contributed by atoms with van der Waals surface area (Å²) in [5.74, 6) is 1.07. The summed E-state index contributed by atoms with van der Waals surface area (Å²) in [6.07, 6.45) is 9.93. The van der Waals surface area contributed by atoms with Crippen molar-refractivity contribution in [3.63, 3.8) is 0 Å². The summed E-state index contributed by atoms with van der Waals surface area (Å²) in [5, 5.41) is 20.1. The molecule has 0 saturated heterocycles. The SMILES string of the molecule is CSc1cc(-c2ccc(-c3ncc(N(C4CC4)[C@@H]4C[C@H]5CCC[C@H](C5)[C@@H]4F)nn3)c(O)c2)cc(F)n1. The lowest BCUT2D eigenvalue weighted by atomic mass is 9.69. The number of pyridine rings is 1. The standard InChI is InChI=1S/C27H29F2N5OS/c1-36-25-13-18(12-23(28)31-25)16-5-8-20(22(35)11-16)27-30-14-24(32-33-27)34(19-6-7-19)21-10-15-3-2-4-17(9-15)26(21)29/h5,8,11-15,17,19,21,26,35H,2-4,6-7,9-10H2,1H3/t15-,17+,21+,26-/m0/s1. The highest BCUT2D eigenvalue weighted by Gasteiger charge is 2.46. The lowest BCUT2D eigenvalue weighted by Crippen LogP contribution is -2.52. The van der Waals surface area contributed by atoms with E-state index in [9.17, 15) is 9.50 Å². The van der Waals surface area contributed by atoms with Crippen LogP contribution in [-0.2, 0) is 0 Å². The number of nitrogens with zero attached hydrogens (tertiary/aromatic N) is 5. The summed E-state index contributed by atoms with van der Waals surface area (Å²) in [7, 11) is 0. The van der Waals surface area contributed by atoms with Gasteiger partial charge in [-0.1, -0.05) is 18.9 Å². The normalized spacial score (nSPS) is 25.5. The van der Waals surface area contributed by atoms with E-state index in [0.29, 0.717) is 45.3 Å². The fraction of sp³-hybridized carbons (Fsp3) is 0.481. The van der Waals surface area contributed by atoms with Gasteiger partial charge in [0.15, 0.2) is 11.6 Å². The third-order valence-electron chi connectivity index (χ3n) is 7.88. The van der Waals surface area contributed by atoms with Gasteiger partial charge in [0.2, 0.25) is 5.95 Å². The number of aromatic nitrogens is 4. The number of anilines is 1. The number of phenols is 1. The maximum absolute atomic E-state index is 15.5. The molecule has 0 spiro atoms. The third-order valence-corrected chi connectivity index (χ3v) is 8.51. The molecule has 6 rings (SSSR count). The maximum atomic E-state index is 15.5. The Morgan fingerprint density at radius 2 is 1.89 bits per heavy atom. The number of rotatable bonds is 6. The Bertz CT molecular complexity index is 1260. The molecule has 1 N–H and O–H groups in total. The van der Waals surface area contributed by atoms with Gasteiger partial charge in [-0.2, -0.15) is 4.39 Å². The van der Waals surface area contributed by atoms with Crippen LogP contribution in [0.15, 0.2) is 41.6 Å². The van der Waals surface area contributed by atoms with Crippen molar-refractivity contribution in [1.82, 2.24) is 20.2 Å². The van der Waals surface area contributed by atoms with E-state index in [1.807, 2.05) is 6.26 Å². The largest absolute Gasteiger partial charge is 0.507 e. The summed E-state index contributed by atoms with van der Waals surface area (Å²) in [6, 6.07) is 8.31. The van der Waals surface area contributed by atoms with Gasteiger partial charge in [0.25, 0.3) is 0 Å². The molecule has 188 valence electrons. The molecule has 6 nitrogen and oxygen atoms in total. The first-order valence-corrected chi connectivity index (χ1v) is 13.9. The molecule has 36 heavy (non-hydrogen) atoms. The fourth-order valence-electron chi connectivity index (χ4n) is 6.02. The van der Waals surface area contributed by atoms with Crippen LogP contribution in [0.5, 0.6) is 5.75 Å². The molecule has 1 aromatic carbocycles. The number of benzene rings is 1. The van der Waals surface area contributed by atoms with Crippen LogP contribution < -0.4 is 4.90 Å². The van der Waals surface area contributed by atoms with E-state index in [0.717, 1.165) is 38.5 Å². The van der Waals surface area contributed by atoms with E-state index >= 15 is 4.39 Å². The molecule has 3 aliphatic rings. The van der Waals surface area contributed by atoms with Crippen LogP contribution in [0.4, 0.5) is 14.6 Å². The average Bonchev–Trinajstić information content (AvgIpc) is 3.73. The monoisotopic (exact) mass is 509 g/mol. The summed E-state index contributed by atoms with van der Waals surface area (Å²) in [6.45, 7) is 0. The summed E-state index contributed by atoms with van der Waals surface area (Å²) < 4.78 is 29.4. The average molecular weight is 510 g/mol. The number of phenolic OH excluding ortho intramolecular Hbond substituents is 1. The fourth-order valence-corrected chi connectivity index (χ4v) is 6.45. The third kappa shape index (κ3) is 4.53. The van der Waals surface area contributed by atoms with Crippen LogP contribution in [0.2, 0.25) is 0 Å². The van der Waals surface area contributed by atoms with Crippen molar-refractivity contribution in [1.29, 1.82) is 0 Å². The second kappa shape index (κ2) is 9.57. The highest BCUT2D eigenvalue weighted by Crippen LogP contribution is 2.46. The van der Waals surface area contributed by atoms with E-state index in [-0.39, 0.29) is 17.7 Å². The quantitative estimate of drug-likeness (QED) is 0.320. The minimum absolute atomic E-state index is 0.0204. The Hall–Kier alpha value is -2.81. The Morgan fingerprint density at radius 1 is 1.03 bits per heavy atom. The van der Waals surface area contributed by atoms with Gasteiger partial charge >= 0.3 is 0 Å². The van der Waals surface area contributed by atoms with Gasteiger partial charge in [-0.3, -0.25) is 0 Å². The van der Waals surface area contributed by atoms with Crippen LogP contribution in [0.1, 0.15) is 44.9 Å². The van der Waals surface area contributed by atoms with Gasteiger partial charge in [0.05, 0.1) is 22.8 Å². The topological polar surface area (TPSA) is 75.0 Å². The van der Waals surface area contributed by atoms with Crippen LogP contribution in [0.25, 0.3) is 22.5 Å². The summed E-state index contributed by atoms with van der Waals surface area (Å²) in [4.78, 5) is 10.5. The number of hydrogen-bond donors (Lipinski definition) is 1. The van der Waals surface area contributed by atoms with Crippen molar-refractivity contribution in [2.24, 2.45) is 11.8 Å². The van der Waals surface area contributed by atoms with E-state index in [4.69, 9.17) is 0 Å². The first kappa shape index (κ1) is 23.6. The zero-order valence-electron chi connectivity index (χ0n) is 20.1. The molecule has 2 aromatic heterocycles. The first-order chi connectivity index (χ1) is 17.5. The van der Waals surface area contributed by atoms with E-state index in [1.165, 1.54) is 24.2 Å². The maximum Gasteiger partial charge on any atom is 0.214 e. The number of aromatic hydroxyl groups is 1. The van der Waals surface area contributed by atoms with Crippen molar-refractivity contribution in [3.8, 4) is 28.3 Å². The number of thioether (sulfide) groups is 1. The summed E-state index contributed by atoms with van der Waals surface area (Å²) in [5.41, 5.74) is 1.72. The molecule has 0 radical (unpaired) electrons. The van der Waals surface area contributed by atoms with Crippen molar-refractivity contribution in [2.45, 2.75) is 68.2 Å². The van der Waals surface area contributed by atoms with Gasteiger partial charge in [-0.25, -0.2) is 14.4 Å². The van der Waals surface area contributed by atoms with Crippen LogP contribution in [-0.4, -0.2) is 49.8 Å². The van der Waals surface area contributed by atoms with Gasteiger partial charge in [-0.05, 0) is 79.5 Å². The van der Waals surface area contributed by atoms with E-state index in [2.05, 4.69) is 25.1 Å². The van der Waals surface area contributed by atoms with Gasteiger partial charge < -0.3 is 10.0 Å². The Labute approximate surface area is 213 Å². The second-order valence-electron chi connectivity index (χ2n) is 10.3. The van der Waals surface area contributed by atoms with Crippen molar-refractivity contribution in [2.75, 3.05) is 11.2 Å². The van der Waals surface area contributed by atoms with Crippen molar-refractivity contribution < 1.29 is 13.9 Å². The van der Waals surface area contributed by atoms with Crippen molar-refractivity contribution >= 4 is 17.6 Å². The van der Waals surface area contributed by atoms with Crippen LogP contribution >= 0.6 is 11.8 Å². The number of fused-ring (bicyclic) bond motifs is 2. The number of hydrogen-bond acceptors (Lipinski definition) is 7. The minimum atomic E-state index is -0.843. The number of halogens is 2. The lowest BCUT2D eigenvalue weighted by molar-refractivity contribution is 0.0631. The highest BCUT2D eigenvalue weighted by atomic mass is 32.2. The minimum Gasteiger partial charge on any atom is -0.507 e. The predicted octanol–water partition coefficient (Wildman–Crippen LogP) is 6.05. The highest BCUT2D eigenvalue weighted by molar-refractivity contribution is 7.98. The molecule has 3 aliphatic carbocycles. The zero-order chi connectivity index (χ0) is 24.8. The van der Waals surface area contributed by atoms with Crippen LogP contribution in [0, 0.1) is 17.8 Å². The molecule has 4 atom stereocenters. The predicted molar refractivity (Wildman–Crippen MR) is 136 cm³/mol. The molecule has 3 aromatic rings. The molecular weight excluding hydrogens is 480 g/mol. The van der Waals surface area contributed by atoms with Gasteiger partial charge in [0.1, 0.15) is 11.9 Å². The molecule has 9 heteroatoms. The zero-order valence-corrected chi connectivity index (χ0v) is 21.0. The summed E-state index contributed by atoms with van der Waals surface area (Å²) >= 11 is 1.35. The smallest absolute Gasteiger partial charge is 0.214 e.